The third-order valence-electron chi connectivity index (χ3n) is 4.86. The van der Waals surface area contributed by atoms with Gasteiger partial charge in [0.05, 0.1) is 23.9 Å². The Kier molecular flexibility index (Phi) is 4.90. The molecule has 2 aliphatic rings. The van der Waals surface area contributed by atoms with Crippen LogP contribution in [0.2, 0.25) is 0 Å². The molecule has 2 aliphatic heterocycles. The smallest absolute Gasteiger partial charge is 0.191 e. The lowest BCUT2D eigenvalue weighted by Gasteiger charge is -2.23. The summed E-state index contributed by atoms with van der Waals surface area (Å²) in [7, 11) is 1.83. The minimum absolute atomic E-state index is 0.366. The molecule has 2 saturated heterocycles. The lowest BCUT2D eigenvalue weighted by molar-refractivity contribution is 0.0992. The summed E-state index contributed by atoms with van der Waals surface area (Å²) in [5.74, 6) is 1.36. The maximum absolute atomic E-state index is 5.89. The summed E-state index contributed by atoms with van der Waals surface area (Å²) in [4.78, 5) is 4.35. The van der Waals surface area contributed by atoms with Gasteiger partial charge in [0.25, 0.3) is 0 Å². The van der Waals surface area contributed by atoms with Gasteiger partial charge in [-0.3, -0.25) is 9.67 Å². The molecule has 4 atom stereocenters. The number of aryl methyl sites for hydroxylation is 2. The Bertz CT molecular complexity index is 567. The maximum atomic E-state index is 5.89. The predicted octanol–water partition coefficient (Wildman–Crippen LogP) is 1.62. The van der Waals surface area contributed by atoms with Crippen molar-refractivity contribution in [3.63, 3.8) is 0 Å². The SMILES string of the molecule is CN=C(NCC(C)Cn1nc(C)cc1C)NC1CC2CCC1O2. The van der Waals surface area contributed by atoms with E-state index in [2.05, 4.69) is 45.3 Å². The number of nitrogens with one attached hydrogen (secondary N) is 2. The molecule has 0 amide bonds. The van der Waals surface area contributed by atoms with E-state index in [-0.39, 0.29) is 0 Å². The highest BCUT2D eigenvalue weighted by Gasteiger charge is 2.41. The van der Waals surface area contributed by atoms with Gasteiger partial charge in [0.2, 0.25) is 0 Å². The number of nitrogens with zero attached hydrogens (tertiary/aromatic N) is 3. The topological polar surface area (TPSA) is 63.5 Å². The molecule has 23 heavy (non-hydrogen) atoms. The Morgan fingerprint density at radius 1 is 1.48 bits per heavy atom. The molecule has 3 rings (SSSR count). The van der Waals surface area contributed by atoms with Gasteiger partial charge in [-0.15, -0.1) is 0 Å². The van der Waals surface area contributed by atoms with Crippen LogP contribution in [-0.4, -0.2) is 47.6 Å². The first-order valence-electron chi connectivity index (χ1n) is 8.69. The van der Waals surface area contributed by atoms with Gasteiger partial charge in [-0.1, -0.05) is 6.92 Å². The normalized spacial score (nSPS) is 28.2. The Morgan fingerprint density at radius 3 is 2.87 bits per heavy atom. The molecule has 3 heterocycles. The quantitative estimate of drug-likeness (QED) is 0.639. The van der Waals surface area contributed by atoms with E-state index in [0.717, 1.165) is 31.2 Å². The number of rotatable bonds is 5. The van der Waals surface area contributed by atoms with E-state index in [1.54, 1.807) is 0 Å². The molecule has 6 nitrogen and oxygen atoms in total. The molecule has 0 saturated carbocycles. The first-order chi connectivity index (χ1) is 11.0. The van der Waals surface area contributed by atoms with Crippen LogP contribution < -0.4 is 10.6 Å². The van der Waals surface area contributed by atoms with E-state index in [0.29, 0.717) is 24.2 Å². The number of aliphatic imine (C=N–C) groups is 1. The van der Waals surface area contributed by atoms with E-state index in [9.17, 15) is 0 Å². The zero-order chi connectivity index (χ0) is 16.4. The Balaban J connectivity index is 1.45. The molecule has 2 fully saturated rings. The molecule has 0 aliphatic carbocycles. The Labute approximate surface area is 138 Å². The van der Waals surface area contributed by atoms with Crippen molar-refractivity contribution in [2.45, 2.75) is 64.8 Å². The Morgan fingerprint density at radius 2 is 2.30 bits per heavy atom. The number of aromatic nitrogens is 2. The number of ether oxygens (including phenoxy) is 1. The maximum Gasteiger partial charge on any atom is 0.191 e. The summed E-state index contributed by atoms with van der Waals surface area (Å²) in [6.07, 6.45) is 4.32. The summed E-state index contributed by atoms with van der Waals surface area (Å²) >= 11 is 0. The molecule has 2 bridgehead atoms. The fraction of sp³-hybridized carbons (Fsp3) is 0.765. The molecule has 128 valence electrons. The molecule has 0 aromatic carbocycles. The fourth-order valence-corrected chi connectivity index (χ4v) is 3.65. The largest absolute Gasteiger partial charge is 0.373 e. The van der Waals surface area contributed by atoms with E-state index >= 15 is 0 Å². The van der Waals surface area contributed by atoms with Crippen molar-refractivity contribution < 1.29 is 4.74 Å². The van der Waals surface area contributed by atoms with Crippen LogP contribution in [0.5, 0.6) is 0 Å². The highest BCUT2D eigenvalue weighted by molar-refractivity contribution is 5.80. The van der Waals surface area contributed by atoms with Gasteiger partial charge in [-0.2, -0.15) is 5.10 Å². The first kappa shape index (κ1) is 16.3. The van der Waals surface area contributed by atoms with Crippen molar-refractivity contribution >= 4 is 5.96 Å². The van der Waals surface area contributed by atoms with Crippen molar-refractivity contribution in [2.24, 2.45) is 10.9 Å². The summed E-state index contributed by atoms with van der Waals surface area (Å²) in [5.41, 5.74) is 2.30. The second-order valence-electron chi connectivity index (χ2n) is 7.03. The van der Waals surface area contributed by atoms with Gasteiger partial charge < -0.3 is 15.4 Å². The van der Waals surface area contributed by atoms with Crippen LogP contribution in [0, 0.1) is 19.8 Å². The summed E-state index contributed by atoms with van der Waals surface area (Å²) in [5, 5.41) is 11.5. The van der Waals surface area contributed by atoms with Gasteiger partial charge in [-0.25, -0.2) is 0 Å². The number of hydrogen-bond acceptors (Lipinski definition) is 3. The van der Waals surface area contributed by atoms with Crippen LogP contribution in [0.4, 0.5) is 0 Å². The van der Waals surface area contributed by atoms with Crippen molar-refractivity contribution in [3.8, 4) is 0 Å². The van der Waals surface area contributed by atoms with Crippen LogP contribution in [0.25, 0.3) is 0 Å². The zero-order valence-corrected chi connectivity index (χ0v) is 14.7. The third-order valence-corrected chi connectivity index (χ3v) is 4.86. The highest BCUT2D eigenvalue weighted by atomic mass is 16.5. The zero-order valence-electron chi connectivity index (χ0n) is 14.7. The second-order valence-corrected chi connectivity index (χ2v) is 7.03. The molecule has 0 radical (unpaired) electrons. The van der Waals surface area contributed by atoms with Crippen LogP contribution >= 0.6 is 0 Å². The Hall–Kier alpha value is -1.56. The van der Waals surface area contributed by atoms with Crippen molar-refractivity contribution in [1.82, 2.24) is 20.4 Å². The third kappa shape index (κ3) is 3.86. The number of hydrogen-bond donors (Lipinski definition) is 2. The summed E-state index contributed by atoms with van der Waals surface area (Å²) in [6, 6.07) is 2.53. The monoisotopic (exact) mass is 319 g/mol. The summed E-state index contributed by atoms with van der Waals surface area (Å²) in [6.45, 7) is 8.17. The molecule has 1 aromatic rings. The van der Waals surface area contributed by atoms with Crippen molar-refractivity contribution in [1.29, 1.82) is 0 Å². The van der Waals surface area contributed by atoms with E-state index in [1.165, 1.54) is 18.5 Å². The van der Waals surface area contributed by atoms with Gasteiger partial charge in [0, 0.05) is 25.8 Å². The lowest BCUT2D eigenvalue weighted by atomic mass is 9.96. The number of fused-ring (bicyclic) bond motifs is 2. The van der Waals surface area contributed by atoms with Crippen molar-refractivity contribution in [2.75, 3.05) is 13.6 Å². The van der Waals surface area contributed by atoms with Gasteiger partial charge >= 0.3 is 0 Å². The van der Waals surface area contributed by atoms with Crippen LogP contribution in [0.3, 0.4) is 0 Å². The minimum atomic E-state index is 0.366. The van der Waals surface area contributed by atoms with E-state index in [1.807, 2.05) is 14.0 Å². The predicted molar refractivity (Wildman–Crippen MR) is 91.7 cm³/mol. The number of guanidine groups is 1. The molecule has 1 aromatic heterocycles. The van der Waals surface area contributed by atoms with E-state index in [4.69, 9.17) is 4.74 Å². The molecular formula is C17H29N5O. The van der Waals surface area contributed by atoms with Crippen LogP contribution in [0.1, 0.15) is 37.6 Å². The van der Waals surface area contributed by atoms with Crippen LogP contribution in [0.15, 0.2) is 11.1 Å². The first-order valence-corrected chi connectivity index (χ1v) is 8.69. The van der Waals surface area contributed by atoms with Gasteiger partial charge in [0.15, 0.2) is 5.96 Å². The summed E-state index contributed by atoms with van der Waals surface area (Å²) < 4.78 is 7.98. The van der Waals surface area contributed by atoms with Gasteiger partial charge in [-0.05, 0) is 45.1 Å². The van der Waals surface area contributed by atoms with Crippen LogP contribution in [-0.2, 0) is 11.3 Å². The highest BCUT2D eigenvalue weighted by Crippen LogP contribution is 2.34. The van der Waals surface area contributed by atoms with Gasteiger partial charge in [0.1, 0.15) is 0 Å². The standard InChI is InChI=1S/C17H29N5O/c1-11(10-22-13(3)7-12(2)21-22)9-19-17(18-4)20-15-8-14-5-6-16(15)23-14/h7,11,14-16H,5-6,8-10H2,1-4H3,(H2,18,19,20). The molecule has 2 N–H and O–H groups in total. The molecule has 6 heteroatoms. The minimum Gasteiger partial charge on any atom is -0.373 e. The second kappa shape index (κ2) is 6.91. The average Bonchev–Trinajstić information content (AvgIpc) is 3.20. The fourth-order valence-electron chi connectivity index (χ4n) is 3.65. The average molecular weight is 319 g/mol. The van der Waals surface area contributed by atoms with Crippen molar-refractivity contribution in [3.05, 3.63) is 17.5 Å². The molecule has 4 unspecified atom stereocenters. The van der Waals surface area contributed by atoms with E-state index < -0.39 is 0 Å². The molecular weight excluding hydrogens is 290 g/mol. The lowest BCUT2D eigenvalue weighted by Crippen LogP contribution is -2.48. The molecule has 0 spiro atoms.